The van der Waals surface area contributed by atoms with Crippen LogP contribution in [0.2, 0.25) is 0 Å². The summed E-state index contributed by atoms with van der Waals surface area (Å²) in [7, 11) is 0. The monoisotopic (exact) mass is 272 g/mol. The van der Waals surface area contributed by atoms with Gasteiger partial charge < -0.3 is 5.32 Å². The summed E-state index contributed by atoms with van der Waals surface area (Å²) >= 11 is 1.64. The van der Waals surface area contributed by atoms with E-state index in [9.17, 15) is 4.79 Å². The zero-order valence-corrected chi connectivity index (χ0v) is 11.5. The lowest BCUT2D eigenvalue weighted by molar-refractivity contribution is 0.103. The van der Waals surface area contributed by atoms with E-state index in [1.165, 1.54) is 29.7 Å². The lowest BCUT2D eigenvalue weighted by atomic mass is 10.1. The molecule has 0 saturated heterocycles. The van der Waals surface area contributed by atoms with Crippen LogP contribution in [0.4, 0.5) is 5.82 Å². The Morgan fingerprint density at radius 1 is 1.21 bits per heavy atom. The van der Waals surface area contributed by atoms with E-state index in [-0.39, 0.29) is 5.91 Å². The molecule has 3 nitrogen and oxygen atoms in total. The highest BCUT2D eigenvalue weighted by atomic mass is 32.1. The Hall–Kier alpha value is -1.68. The van der Waals surface area contributed by atoms with E-state index in [0.29, 0.717) is 5.82 Å². The summed E-state index contributed by atoms with van der Waals surface area (Å²) < 4.78 is 0. The minimum absolute atomic E-state index is 0.0447. The maximum Gasteiger partial charge on any atom is 0.266 e. The van der Waals surface area contributed by atoms with Crippen molar-refractivity contribution in [3.63, 3.8) is 0 Å². The van der Waals surface area contributed by atoms with Crippen molar-refractivity contribution in [1.29, 1.82) is 0 Å². The molecule has 0 fully saturated rings. The average molecular weight is 272 g/mol. The molecule has 3 rings (SSSR count). The van der Waals surface area contributed by atoms with Crippen molar-refractivity contribution >= 4 is 23.1 Å². The van der Waals surface area contributed by atoms with E-state index in [1.54, 1.807) is 23.6 Å². The standard InChI is InChI=1S/C15H16N2OS/c18-15(17-14-8-4-5-9-16-14)13-10-11-6-2-1-3-7-12(11)19-13/h4-5,8-10H,1-3,6-7H2,(H,16,17,18). The predicted octanol–water partition coefficient (Wildman–Crippen LogP) is 3.66. The van der Waals surface area contributed by atoms with Gasteiger partial charge in [0.05, 0.1) is 4.88 Å². The van der Waals surface area contributed by atoms with Crippen molar-refractivity contribution in [1.82, 2.24) is 4.98 Å². The van der Waals surface area contributed by atoms with Crippen LogP contribution in [0, 0.1) is 0 Å². The fourth-order valence-corrected chi connectivity index (χ4v) is 3.54. The molecule has 1 amide bonds. The second-order valence-electron chi connectivity index (χ2n) is 4.79. The van der Waals surface area contributed by atoms with Crippen molar-refractivity contribution in [3.8, 4) is 0 Å². The first kappa shape index (κ1) is 12.4. The summed E-state index contributed by atoms with van der Waals surface area (Å²) in [4.78, 5) is 18.5. The van der Waals surface area contributed by atoms with Crippen molar-refractivity contribution in [2.75, 3.05) is 5.32 Å². The molecule has 19 heavy (non-hydrogen) atoms. The molecule has 4 heteroatoms. The number of aryl methyl sites for hydroxylation is 2. The Labute approximate surface area is 116 Å². The third-order valence-corrected chi connectivity index (χ3v) is 4.61. The second kappa shape index (κ2) is 5.53. The number of pyridine rings is 1. The number of hydrogen-bond donors (Lipinski definition) is 1. The summed E-state index contributed by atoms with van der Waals surface area (Å²) in [6.45, 7) is 0. The van der Waals surface area contributed by atoms with Crippen molar-refractivity contribution in [2.24, 2.45) is 0 Å². The Kier molecular flexibility index (Phi) is 3.60. The Bertz CT molecular complexity index is 554. The third-order valence-electron chi connectivity index (χ3n) is 3.38. The number of fused-ring (bicyclic) bond motifs is 1. The van der Waals surface area contributed by atoms with Gasteiger partial charge in [0.1, 0.15) is 5.82 Å². The Morgan fingerprint density at radius 3 is 2.95 bits per heavy atom. The first-order valence-corrected chi connectivity index (χ1v) is 7.48. The van der Waals surface area contributed by atoms with Gasteiger partial charge in [0.25, 0.3) is 5.91 Å². The number of nitrogens with zero attached hydrogens (tertiary/aromatic N) is 1. The molecule has 1 aliphatic rings. The van der Waals surface area contributed by atoms with Crippen LogP contribution in [0.25, 0.3) is 0 Å². The number of amides is 1. The Balaban J connectivity index is 1.77. The minimum Gasteiger partial charge on any atom is -0.306 e. The molecule has 1 N–H and O–H groups in total. The molecule has 0 aromatic carbocycles. The van der Waals surface area contributed by atoms with E-state index >= 15 is 0 Å². The second-order valence-corrected chi connectivity index (χ2v) is 5.93. The van der Waals surface area contributed by atoms with Gasteiger partial charge in [-0.1, -0.05) is 12.5 Å². The number of nitrogens with one attached hydrogen (secondary N) is 1. The summed E-state index contributed by atoms with van der Waals surface area (Å²) in [5.41, 5.74) is 1.37. The smallest absolute Gasteiger partial charge is 0.266 e. The maximum atomic E-state index is 12.2. The van der Waals surface area contributed by atoms with Crippen LogP contribution in [0.15, 0.2) is 30.5 Å². The average Bonchev–Trinajstić information content (AvgIpc) is 2.72. The molecule has 2 heterocycles. The number of hydrogen-bond acceptors (Lipinski definition) is 3. The van der Waals surface area contributed by atoms with Crippen molar-refractivity contribution in [2.45, 2.75) is 32.1 Å². The number of carbonyl (C=O) groups excluding carboxylic acids is 1. The highest BCUT2D eigenvalue weighted by Gasteiger charge is 2.16. The van der Waals surface area contributed by atoms with E-state index in [2.05, 4.69) is 16.4 Å². The lowest BCUT2D eigenvalue weighted by Gasteiger charge is -2.01. The van der Waals surface area contributed by atoms with Crippen molar-refractivity contribution in [3.05, 3.63) is 45.8 Å². The largest absolute Gasteiger partial charge is 0.306 e. The van der Waals surface area contributed by atoms with Gasteiger partial charge in [0.2, 0.25) is 0 Å². The van der Waals surface area contributed by atoms with Gasteiger partial charge >= 0.3 is 0 Å². The van der Waals surface area contributed by atoms with Crippen LogP contribution in [0.1, 0.15) is 39.4 Å². The number of thiophene rings is 1. The number of aromatic nitrogens is 1. The summed E-state index contributed by atoms with van der Waals surface area (Å²) in [6, 6.07) is 7.56. The van der Waals surface area contributed by atoms with Crippen LogP contribution in [0.5, 0.6) is 0 Å². The highest BCUT2D eigenvalue weighted by molar-refractivity contribution is 7.14. The lowest BCUT2D eigenvalue weighted by Crippen LogP contribution is -2.11. The molecule has 2 aromatic rings. The summed E-state index contributed by atoms with van der Waals surface area (Å²) in [5.74, 6) is 0.563. The zero-order valence-electron chi connectivity index (χ0n) is 10.7. The molecule has 2 aromatic heterocycles. The molecule has 0 bridgehead atoms. The number of rotatable bonds is 2. The van der Waals surface area contributed by atoms with Gasteiger partial charge in [-0.25, -0.2) is 4.98 Å². The number of anilines is 1. The Morgan fingerprint density at radius 2 is 2.11 bits per heavy atom. The van der Waals surface area contributed by atoms with Crippen LogP contribution < -0.4 is 5.32 Å². The van der Waals surface area contributed by atoms with Gasteiger partial charge in [-0.2, -0.15) is 0 Å². The van der Waals surface area contributed by atoms with Gasteiger partial charge in [0, 0.05) is 11.1 Å². The first-order chi connectivity index (χ1) is 9.33. The van der Waals surface area contributed by atoms with E-state index < -0.39 is 0 Å². The summed E-state index contributed by atoms with van der Waals surface area (Å²) in [6.07, 6.45) is 7.70. The van der Waals surface area contributed by atoms with Crippen LogP contribution >= 0.6 is 11.3 Å². The normalized spacial score (nSPS) is 14.5. The van der Waals surface area contributed by atoms with Gasteiger partial charge in [-0.3, -0.25) is 4.79 Å². The fraction of sp³-hybridized carbons (Fsp3) is 0.333. The fourth-order valence-electron chi connectivity index (χ4n) is 2.39. The highest BCUT2D eigenvalue weighted by Crippen LogP contribution is 2.29. The third kappa shape index (κ3) is 2.84. The number of carbonyl (C=O) groups is 1. The molecule has 98 valence electrons. The van der Waals surface area contributed by atoms with Crippen LogP contribution in [-0.2, 0) is 12.8 Å². The molecule has 0 saturated carbocycles. The van der Waals surface area contributed by atoms with Gasteiger partial charge in [-0.05, 0) is 49.4 Å². The van der Waals surface area contributed by atoms with Crippen LogP contribution in [0.3, 0.4) is 0 Å². The first-order valence-electron chi connectivity index (χ1n) is 6.67. The molecule has 0 radical (unpaired) electrons. The molecular weight excluding hydrogens is 256 g/mol. The topological polar surface area (TPSA) is 42.0 Å². The molecular formula is C15H16N2OS. The van der Waals surface area contributed by atoms with E-state index in [0.717, 1.165) is 17.7 Å². The van der Waals surface area contributed by atoms with E-state index in [1.807, 2.05) is 12.1 Å². The zero-order chi connectivity index (χ0) is 13.1. The molecule has 1 aliphatic carbocycles. The van der Waals surface area contributed by atoms with Crippen LogP contribution in [-0.4, -0.2) is 10.9 Å². The minimum atomic E-state index is -0.0447. The summed E-state index contributed by atoms with van der Waals surface area (Å²) in [5, 5.41) is 2.84. The quantitative estimate of drug-likeness (QED) is 0.848. The van der Waals surface area contributed by atoms with Gasteiger partial charge in [0.15, 0.2) is 0 Å². The molecule has 0 aliphatic heterocycles. The molecule has 0 unspecified atom stereocenters. The van der Waals surface area contributed by atoms with Gasteiger partial charge in [-0.15, -0.1) is 11.3 Å². The molecule has 0 spiro atoms. The molecule has 0 atom stereocenters. The van der Waals surface area contributed by atoms with E-state index in [4.69, 9.17) is 0 Å². The predicted molar refractivity (Wildman–Crippen MR) is 77.8 cm³/mol. The maximum absolute atomic E-state index is 12.2. The SMILES string of the molecule is O=C(Nc1ccccn1)c1cc2c(s1)CCCCC2. The van der Waals surface area contributed by atoms with Crippen molar-refractivity contribution < 1.29 is 4.79 Å².